The highest BCUT2D eigenvalue weighted by Gasteiger charge is 2.38. The third-order valence-electron chi connectivity index (χ3n) is 7.05. The lowest BCUT2D eigenvalue weighted by Gasteiger charge is -2.44. The monoisotopic (exact) mass is 489 g/mol. The van der Waals surface area contributed by atoms with Gasteiger partial charge >= 0.3 is 6.09 Å². The fraction of sp³-hybridized carbons (Fsp3) is 0.483. The van der Waals surface area contributed by atoms with Gasteiger partial charge in [-0.05, 0) is 59.9 Å². The van der Waals surface area contributed by atoms with E-state index in [4.69, 9.17) is 9.15 Å². The van der Waals surface area contributed by atoms with E-state index < -0.39 is 6.09 Å². The van der Waals surface area contributed by atoms with Gasteiger partial charge in [0, 0.05) is 30.3 Å². The summed E-state index contributed by atoms with van der Waals surface area (Å²) in [5.41, 5.74) is 4.81. The largest absolute Gasteiger partial charge is 0.465 e. The van der Waals surface area contributed by atoms with Crippen molar-refractivity contribution in [2.24, 2.45) is 11.3 Å². The first-order chi connectivity index (χ1) is 17.1. The normalized spacial score (nSPS) is 18.5. The summed E-state index contributed by atoms with van der Waals surface area (Å²) < 4.78 is 12.2. The summed E-state index contributed by atoms with van der Waals surface area (Å²) in [5, 5.41) is 18.9. The molecule has 190 valence electrons. The lowest BCUT2D eigenvalue weighted by molar-refractivity contribution is 0.00711. The van der Waals surface area contributed by atoms with E-state index in [0.717, 1.165) is 35.1 Å². The molecule has 1 aliphatic heterocycles. The van der Waals surface area contributed by atoms with E-state index in [1.54, 1.807) is 11.0 Å². The average Bonchev–Trinajstić information content (AvgIpc) is 3.27. The number of likely N-dealkylation sites (tertiary alicyclic amines) is 1. The smallest absolute Gasteiger partial charge is 0.407 e. The molecule has 0 bridgehead atoms. The summed E-state index contributed by atoms with van der Waals surface area (Å²) in [4.78, 5) is 17.9. The summed E-state index contributed by atoms with van der Waals surface area (Å²) in [6, 6.07) is 13.8. The molecule has 1 saturated heterocycles. The molecule has 2 atom stereocenters. The number of oxazole rings is 1. The molecule has 4 rings (SSSR count). The van der Waals surface area contributed by atoms with Gasteiger partial charge < -0.3 is 19.2 Å². The zero-order chi connectivity index (χ0) is 26.0. The van der Waals surface area contributed by atoms with Crippen molar-refractivity contribution in [2.45, 2.75) is 66.0 Å². The van der Waals surface area contributed by atoms with Crippen LogP contribution in [0.3, 0.4) is 0 Å². The predicted octanol–water partition coefficient (Wildman–Crippen LogP) is 6.81. The van der Waals surface area contributed by atoms with Crippen LogP contribution >= 0.6 is 0 Å². The lowest BCUT2D eigenvalue weighted by atomic mass is 9.77. The van der Waals surface area contributed by atoms with Crippen molar-refractivity contribution < 1.29 is 19.1 Å². The molecular formula is C29H35N3O4. The molecule has 2 heterocycles. The maximum absolute atomic E-state index is 11.6. The van der Waals surface area contributed by atoms with Crippen LogP contribution in [-0.2, 0) is 11.3 Å². The van der Waals surface area contributed by atoms with Crippen LogP contribution in [0.5, 0.6) is 0 Å². The Labute approximate surface area is 212 Å². The third kappa shape index (κ3) is 5.55. The Hall–Kier alpha value is -3.37. The van der Waals surface area contributed by atoms with E-state index in [0.29, 0.717) is 42.6 Å². The minimum absolute atomic E-state index is 0.00612. The van der Waals surface area contributed by atoms with Crippen LogP contribution in [0.2, 0.25) is 0 Å². The van der Waals surface area contributed by atoms with Gasteiger partial charge in [0.15, 0.2) is 5.58 Å². The van der Waals surface area contributed by atoms with E-state index in [9.17, 15) is 15.2 Å². The molecule has 2 aromatic carbocycles. The van der Waals surface area contributed by atoms with Gasteiger partial charge in [0.25, 0.3) is 0 Å². The number of carboxylic acid groups (broad SMARTS) is 1. The van der Waals surface area contributed by atoms with E-state index in [2.05, 4.69) is 45.7 Å². The van der Waals surface area contributed by atoms with Crippen LogP contribution < -0.4 is 0 Å². The number of nitriles is 1. The fourth-order valence-electron chi connectivity index (χ4n) is 5.00. The molecule has 0 saturated carbocycles. The van der Waals surface area contributed by atoms with Crippen LogP contribution in [-0.4, -0.2) is 40.3 Å². The van der Waals surface area contributed by atoms with Crippen molar-refractivity contribution in [3.8, 4) is 17.5 Å². The standard InChI is InChI=1S/C29H35N3O4/c1-18(2)23-12-21(15-30)13-24-26(23)36-27(31-24)22-8-6-19(7-9-22)16-35-17-20-10-11-32(28(33)34)25(14-20)29(3,4)5/h6-9,12-13,18,20,25H,10-11,14,16-17H2,1-5H3,(H,33,34). The molecular weight excluding hydrogens is 454 g/mol. The van der Waals surface area contributed by atoms with Gasteiger partial charge in [0.1, 0.15) is 5.52 Å². The van der Waals surface area contributed by atoms with Crippen LogP contribution in [0.25, 0.3) is 22.6 Å². The number of nitrogens with zero attached hydrogens (tertiary/aromatic N) is 3. The summed E-state index contributed by atoms with van der Waals surface area (Å²) in [5.74, 6) is 1.10. The topological polar surface area (TPSA) is 99.6 Å². The van der Waals surface area contributed by atoms with E-state index >= 15 is 0 Å². The maximum Gasteiger partial charge on any atom is 0.407 e. The summed E-state index contributed by atoms with van der Waals surface area (Å²) in [6.07, 6.45) is 0.805. The van der Waals surface area contributed by atoms with Gasteiger partial charge in [0.2, 0.25) is 5.89 Å². The number of fused-ring (bicyclic) bond motifs is 1. The first-order valence-corrected chi connectivity index (χ1v) is 12.6. The van der Waals surface area contributed by atoms with Crippen LogP contribution in [0.15, 0.2) is 40.8 Å². The molecule has 7 heteroatoms. The Bertz CT molecular complexity index is 1260. The second-order valence-corrected chi connectivity index (χ2v) is 11.2. The van der Waals surface area contributed by atoms with Gasteiger partial charge in [-0.15, -0.1) is 0 Å². The van der Waals surface area contributed by atoms with Gasteiger partial charge in [0.05, 0.1) is 18.2 Å². The highest BCUT2D eigenvalue weighted by atomic mass is 16.5. The Balaban J connectivity index is 1.39. The zero-order valence-corrected chi connectivity index (χ0v) is 21.7. The van der Waals surface area contributed by atoms with Crippen LogP contribution in [0.1, 0.15) is 70.1 Å². The van der Waals surface area contributed by atoms with E-state index in [1.807, 2.05) is 30.3 Å². The second kappa shape index (κ2) is 10.3. The lowest BCUT2D eigenvalue weighted by Crippen LogP contribution is -2.52. The quantitative estimate of drug-likeness (QED) is 0.408. The molecule has 1 N–H and O–H groups in total. The molecule has 0 radical (unpaired) electrons. The highest BCUT2D eigenvalue weighted by Crippen LogP contribution is 2.35. The van der Waals surface area contributed by atoms with Crippen LogP contribution in [0.4, 0.5) is 4.79 Å². The van der Waals surface area contributed by atoms with Crippen molar-refractivity contribution in [1.29, 1.82) is 5.26 Å². The highest BCUT2D eigenvalue weighted by molar-refractivity contribution is 5.81. The summed E-state index contributed by atoms with van der Waals surface area (Å²) >= 11 is 0. The van der Waals surface area contributed by atoms with Gasteiger partial charge in [-0.3, -0.25) is 0 Å². The minimum atomic E-state index is -0.834. The first-order valence-electron chi connectivity index (χ1n) is 12.6. The molecule has 0 aliphatic carbocycles. The molecule has 1 aliphatic rings. The van der Waals surface area contributed by atoms with Crippen molar-refractivity contribution in [1.82, 2.24) is 9.88 Å². The number of amides is 1. The molecule has 1 amide bonds. The molecule has 2 unspecified atom stereocenters. The number of ether oxygens (including phenoxy) is 1. The SMILES string of the molecule is CC(C)c1cc(C#N)cc2nc(-c3ccc(COCC4CCN(C(=O)O)C(C(C)(C)C)C4)cc3)oc12. The Morgan fingerprint density at radius 2 is 2.00 bits per heavy atom. The average molecular weight is 490 g/mol. The molecule has 7 nitrogen and oxygen atoms in total. The fourth-order valence-corrected chi connectivity index (χ4v) is 5.00. The molecule has 0 spiro atoms. The zero-order valence-electron chi connectivity index (χ0n) is 21.7. The molecule has 36 heavy (non-hydrogen) atoms. The number of benzene rings is 2. The molecule has 3 aromatic rings. The van der Waals surface area contributed by atoms with Crippen molar-refractivity contribution in [3.63, 3.8) is 0 Å². The van der Waals surface area contributed by atoms with Crippen LogP contribution in [0, 0.1) is 22.7 Å². The van der Waals surface area contributed by atoms with E-state index in [-0.39, 0.29) is 17.4 Å². The molecule has 1 aromatic heterocycles. The number of carbonyl (C=O) groups is 1. The molecule has 1 fully saturated rings. The number of hydrogen-bond acceptors (Lipinski definition) is 5. The second-order valence-electron chi connectivity index (χ2n) is 11.2. The van der Waals surface area contributed by atoms with Crippen molar-refractivity contribution >= 4 is 17.2 Å². The van der Waals surface area contributed by atoms with Crippen molar-refractivity contribution in [2.75, 3.05) is 13.2 Å². The van der Waals surface area contributed by atoms with Gasteiger partial charge in [-0.2, -0.15) is 5.26 Å². The Kier molecular flexibility index (Phi) is 7.37. The van der Waals surface area contributed by atoms with Gasteiger partial charge in [-0.25, -0.2) is 9.78 Å². The summed E-state index contributed by atoms with van der Waals surface area (Å²) in [7, 11) is 0. The van der Waals surface area contributed by atoms with Crippen molar-refractivity contribution in [3.05, 3.63) is 53.1 Å². The number of rotatable bonds is 6. The number of piperidine rings is 1. The number of hydrogen-bond donors (Lipinski definition) is 1. The van der Waals surface area contributed by atoms with Gasteiger partial charge in [-0.1, -0.05) is 46.8 Å². The van der Waals surface area contributed by atoms with E-state index in [1.165, 1.54) is 0 Å². The Morgan fingerprint density at radius 3 is 2.61 bits per heavy atom. The first kappa shape index (κ1) is 25.7. The minimum Gasteiger partial charge on any atom is -0.465 e. The number of aromatic nitrogens is 1. The predicted molar refractivity (Wildman–Crippen MR) is 139 cm³/mol. The maximum atomic E-state index is 11.6. The Morgan fingerprint density at radius 1 is 1.28 bits per heavy atom. The summed E-state index contributed by atoms with van der Waals surface area (Å²) in [6.45, 7) is 12.1. The third-order valence-corrected chi connectivity index (χ3v) is 7.05.